The summed E-state index contributed by atoms with van der Waals surface area (Å²) < 4.78 is 2.17. The second-order valence-corrected chi connectivity index (χ2v) is 4.18. The van der Waals surface area contributed by atoms with Crippen LogP contribution in [0.15, 0.2) is 12.5 Å². The zero-order valence-electron chi connectivity index (χ0n) is 9.26. The van der Waals surface area contributed by atoms with Crippen molar-refractivity contribution >= 4 is 0 Å². The monoisotopic (exact) mass is 209 g/mol. The van der Waals surface area contributed by atoms with Gasteiger partial charge in [0.15, 0.2) is 0 Å². The fraction of sp³-hybridized carbons (Fsp3) is 0.727. The van der Waals surface area contributed by atoms with Crippen molar-refractivity contribution in [2.45, 2.75) is 39.0 Å². The van der Waals surface area contributed by atoms with Crippen molar-refractivity contribution in [1.82, 2.24) is 14.5 Å². The molecule has 0 unspecified atom stereocenters. The van der Waals surface area contributed by atoms with E-state index in [2.05, 4.69) is 21.4 Å². The lowest BCUT2D eigenvalue weighted by Gasteiger charge is -2.29. The van der Waals surface area contributed by atoms with Crippen molar-refractivity contribution in [2.24, 2.45) is 0 Å². The summed E-state index contributed by atoms with van der Waals surface area (Å²) in [5.41, 5.74) is 1.27. The van der Waals surface area contributed by atoms with Crippen LogP contribution in [-0.4, -0.2) is 38.8 Å². The molecule has 1 aromatic rings. The highest BCUT2D eigenvalue weighted by Crippen LogP contribution is 2.13. The van der Waals surface area contributed by atoms with Crippen LogP contribution in [0.25, 0.3) is 0 Å². The summed E-state index contributed by atoms with van der Waals surface area (Å²) >= 11 is 0. The quantitative estimate of drug-likeness (QED) is 0.802. The fourth-order valence-corrected chi connectivity index (χ4v) is 2.07. The highest BCUT2D eigenvalue weighted by molar-refractivity contribution is 4.98. The molecular weight excluding hydrogens is 190 g/mol. The van der Waals surface area contributed by atoms with Gasteiger partial charge in [-0.05, 0) is 19.8 Å². The van der Waals surface area contributed by atoms with E-state index in [-0.39, 0.29) is 6.10 Å². The zero-order valence-corrected chi connectivity index (χ0v) is 9.26. The Bertz CT molecular complexity index is 303. The Labute approximate surface area is 90.5 Å². The maximum Gasteiger partial charge on any atom is 0.0948 e. The number of aliphatic hydroxyl groups is 1. The second kappa shape index (κ2) is 4.77. The minimum Gasteiger partial charge on any atom is -0.393 e. The minimum atomic E-state index is -0.0858. The van der Waals surface area contributed by atoms with Crippen LogP contribution in [0.1, 0.15) is 25.5 Å². The molecule has 2 rings (SSSR count). The van der Waals surface area contributed by atoms with Crippen molar-refractivity contribution in [1.29, 1.82) is 0 Å². The molecule has 0 atom stereocenters. The molecule has 1 aliphatic rings. The van der Waals surface area contributed by atoms with Gasteiger partial charge in [0.25, 0.3) is 0 Å². The first-order chi connectivity index (χ1) is 7.29. The third-order valence-corrected chi connectivity index (χ3v) is 3.08. The number of nitrogens with zero attached hydrogens (tertiary/aromatic N) is 3. The van der Waals surface area contributed by atoms with E-state index in [4.69, 9.17) is 0 Å². The van der Waals surface area contributed by atoms with E-state index in [9.17, 15) is 5.11 Å². The average molecular weight is 209 g/mol. The summed E-state index contributed by atoms with van der Waals surface area (Å²) in [7, 11) is 0. The van der Waals surface area contributed by atoms with Crippen LogP contribution in [-0.2, 0) is 13.1 Å². The highest BCUT2D eigenvalue weighted by Gasteiger charge is 2.17. The molecule has 0 spiro atoms. The summed E-state index contributed by atoms with van der Waals surface area (Å²) in [6.45, 7) is 6.06. The van der Waals surface area contributed by atoms with E-state index in [0.29, 0.717) is 0 Å². The molecule has 15 heavy (non-hydrogen) atoms. The largest absolute Gasteiger partial charge is 0.393 e. The van der Waals surface area contributed by atoms with Gasteiger partial charge in [0.05, 0.1) is 18.1 Å². The second-order valence-electron chi connectivity index (χ2n) is 4.18. The van der Waals surface area contributed by atoms with Gasteiger partial charge < -0.3 is 9.67 Å². The summed E-state index contributed by atoms with van der Waals surface area (Å²) in [5, 5.41) is 9.41. The smallest absolute Gasteiger partial charge is 0.0948 e. The van der Waals surface area contributed by atoms with Gasteiger partial charge in [0, 0.05) is 32.4 Å². The first-order valence-corrected chi connectivity index (χ1v) is 5.69. The number of aromatic nitrogens is 2. The Morgan fingerprint density at radius 3 is 2.87 bits per heavy atom. The number of piperidine rings is 1. The fourth-order valence-electron chi connectivity index (χ4n) is 2.07. The van der Waals surface area contributed by atoms with E-state index in [0.717, 1.165) is 39.0 Å². The van der Waals surface area contributed by atoms with Crippen LogP contribution < -0.4 is 0 Å². The SMILES string of the molecule is CCn1cncc1CN1CCC(O)CC1. The van der Waals surface area contributed by atoms with Gasteiger partial charge in [-0.2, -0.15) is 0 Å². The van der Waals surface area contributed by atoms with Crippen molar-refractivity contribution in [3.63, 3.8) is 0 Å². The lowest BCUT2D eigenvalue weighted by molar-refractivity contribution is 0.0782. The minimum absolute atomic E-state index is 0.0858. The number of aliphatic hydroxyl groups excluding tert-OH is 1. The summed E-state index contributed by atoms with van der Waals surface area (Å²) in [6.07, 6.45) is 5.54. The first-order valence-electron chi connectivity index (χ1n) is 5.69. The summed E-state index contributed by atoms with van der Waals surface area (Å²) in [4.78, 5) is 6.55. The number of hydrogen-bond acceptors (Lipinski definition) is 3. The molecule has 0 aliphatic carbocycles. The molecule has 0 bridgehead atoms. The predicted molar refractivity (Wildman–Crippen MR) is 58.4 cm³/mol. The molecule has 1 N–H and O–H groups in total. The van der Waals surface area contributed by atoms with Gasteiger partial charge in [-0.25, -0.2) is 4.98 Å². The van der Waals surface area contributed by atoms with Crippen molar-refractivity contribution in [3.8, 4) is 0 Å². The normalized spacial score (nSPS) is 19.6. The molecule has 1 aromatic heterocycles. The molecule has 4 nitrogen and oxygen atoms in total. The summed E-state index contributed by atoms with van der Waals surface area (Å²) in [6, 6.07) is 0. The Morgan fingerprint density at radius 1 is 1.47 bits per heavy atom. The van der Waals surface area contributed by atoms with Gasteiger partial charge in [-0.3, -0.25) is 4.90 Å². The number of rotatable bonds is 3. The highest BCUT2D eigenvalue weighted by atomic mass is 16.3. The van der Waals surface area contributed by atoms with E-state index in [1.54, 1.807) is 0 Å². The maximum atomic E-state index is 9.41. The van der Waals surface area contributed by atoms with E-state index < -0.39 is 0 Å². The average Bonchev–Trinajstić information content (AvgIpc) is 2.69. The maximum absolute atomic E-state index is 9.41. The third kappa shape index (κ3) is 2.58. The van der Waals surface area contributed by atoms with Crippen LogP contribution in [0, 0.1) is 0 Å². The number of hydrogen-bond donors (Lipinski definition) is 1. The van der Waals surface area contributed by atoms with Gasteiger partial charge >= 0.3 is 0 Å². The Balaban J connectivity index is 1.91. The molecule has 0 saturated carbocycles. The Hall–Kier alpha value is -0.870. The summed E-state index contributed by atoms with van der Waals surface area (Å²) in [5.74, 6) is 0. The molecule has 1 fully saturated rings. The zero-order chi connectivity index (χ0) is 10.7. The molecule has 4 heteroatoms. The molecule has 1 saturated heterocycles. The van der Waals surface area contributed by atoms with Crippen molar-refractivity contribution in [2.75, 3.05) is 13.1 Å². The molecular formula is C11H19N3O. The Kier molecular flexibility index (Phi) is 3.38. The van der Waals surface area contributed by atoms with Crippen LogP contribution in [0.2, 0.25) is 0 Å². The van der Waals surface area contributed by atoms with E-state index in [1.807, 2.05) is 12.5 Å². The number of imidazole rings is 1. The predicted octanol–water partition coefficient (Wildman–Crippen LogP) is 0.860. The van der Waals surface area contributed by atoms with Crippen LogP contribution in [0.3, 0.4) is 0 Å². The molecule has 0 radical (unpaired) electrons. The molecule has 0 aromatic carbocycles. The topological polar surface area (TPSA) is 41.3 Å². The van der Waals surface area contributed by atoms with Crippen LogP contribution in [0.4, 0.5) is 0 Å². The number of likely N-dealkylation sites (tertiary alicyclic amines) is 1. The van der Waals surface area contributed by atoms with Gasteiger partial charge in [0.1, 0.15) is 0 Å². The van der Waals surface area contributed by atoms with Gasteiger partial charge in [0.2, 0.25) is 0 Å². The molecule has 2 heterocycles. The van der Waals surface area contributed by atoms with Crippen molar-refractivity contribution < 1.29 is 5.11 Å². The number of aryl methyl sites for hydroxylation is 1. The van der Waals surface area contributed by atoms with Gasteiger partial charge in [-0.1, -0.05) is 0 Å². The molecule has 1 aliphatic heterocycles. The standard InChI is InChI=1S/C11H19N3O/c1-2-14-9-12-7-10(14)8-13-5-3-11(15)4-6-13/h7,9,11,15H,2-6,8H2,1H3. The van der Waals surface area contributed by atoms with Gasteiger partial charge in [-0.15, -0.1) is 0 Å². The Morgan fingerprint density at radius 2 is 2.20 bits per heavy atom. The lowest BCUT2D eigenvalue weighted by atomic mass is 10.1. The molecule has 0 amide bonds. The van der Waals surface area contributed by atoms with E-state index >= 15 is 0 Å². The van der Waals surface area contributed by atoms with E-state index in [1.165, 1.54) is 5.69 Å². The molecule has 84 valence electrons. The third-order valence-electron chi connectivity index (χ3n) is 3.08. The van der Waals surface area contributed by atoms with Crippen LogP contribution in [0.5, 0.6) is 0 Å². The first kappa shape index (κ1) is 10.6. The van der Waals surface area contributed by atoms with Crippen molar-refractivity contribution in [3.05, 3.63) is 18.2 Å². The van der Waals surface area contributed by atoms with Crippen LogP contribution >= 0.6 is 0 Å². The lowest BCUT2D eigenvalue weighted by Crippen LogP contribution is -2.35.